The molecule has 0 spiro atoms. The number of carbonyl (C=O) groups excluding carboxylic acids is 1. The van der Waals surface area contributed by atoms with Crippen LogP contribution in [0.2, 0.25) is 0 Å². The Morgan fingerprint density at radius 3 is 2.58 bits per heavy atom. The van der Waals surface area contributed by atoms with E-state index < -0.39 is 11.7 Å². The second-order valence-electron chi connectivity index (χ2n) is 8.14. The molecule has 1 saturated heterocycles. The lowest BCUT2D eigenvalue weighted by Gasteiger charge is -2.40. The summed E-state index contributed by atoms with van der Waals surface area (Å²) < 4.78 is 52.5. The second-order valence-corrected chi connectivity index (χ2v) is 8.14. The van der Waals surface area contributed by atoms with Gasteiger partial charge in [-0.2, -0.15) is 18.2 Å². The average molecular weight is 466 g/mol. The quantitative estimate of drug-likeness (QED) is 0.716. The Hall–Kier alpha value is -3.15. The molecule has 0 aromatic carbocycles. The van der Waals surface area contributed by atoms with Gasteiger partial charge < -0.3 is 25.0 Å². The molecule has 1 aliphatic heterocycles. The highest BCUT2D eigenvalue weighted by Crippen LogP contribution is 2.38. The highest BCUT2D eigenvalue weighted by Gasteiger charge is 2.37. The van der Waals surface area contributed by atoms with Crippen molar-refractivity contribution in [3.8, 4) is 17.1 Å². The summed E-state index contributed by atoms with van der Waals surface area (Å²) >= 11 is 0. The van der Waals surface area contributed by atoms with Gasteiger partial charge in [0.1, 0.15) is 11.9 Å². The van der Waals surface area contributed by atoms with Crippen LogP contribution in [0.4, 0.5) is 24.9 Å². The molecule has 1 saturated carbocycles. The van der Waals surface area contributed by atoms with E-state index in [2.05, 4.69) is 15.0 Å². The molecule has 2 aromatic rings. The molecule has 12 heteroatoms. The molecule has 0 bridgehead atoms. The summed E-state index contributed by atoms with van der Waals surface area (Å²) in [6.07, 6.45) is -2.56. The van der Waals surface area contributed by atoms with Gasteiger partial charge >= 0.3 is 6.18 Å². The molecule has 2 N–H and O–H groups in total. The van der Waals surface area contributed by atoms with Crippen LogP contribution >= 0.6 is 0 Å². The molecule has 9 nitrogen and oxygen atoms in total. The lowest BCUT2D eigenvalue weighted by atomic mass is 9.88. The number of nitrogens with two attached hydrogens (primary N) is 1. The first-order valence-corrected chi connectivity index (χ1v) is 10.6. The number of hydrogen-bond donors (Lipinski definition) is 1. The van der Waals surface area contributed by atoms with Crippen molar-refractivity contribution < 1.29 is 27.4 Å². The van der Waals surface area contributed by atoms with E-state index in [0.717, 1.165) is 12.3 Å². The fourth-order valence-corrected chi connectivity index (χ4v) is 3.80. The van der Waals surface area contributed by atoms with Crippen molar-refractivity contribution in [3.05, 3.63) is 23.9 Å². The van der Waals surface area contributed by atoms with Gasteiger partial charge in [-0.3, -0.25) is 4.79 Å². The van der Waals surface area contributed by atoms with Gasteiger partial charge in [0.05, 0.1) is 24.5 Å². The van der Waals surface area contributed by atoms with E-state index in [-0.39, 0.29) is 47.0 Å². The topological polar surface area (TPSA) is 107 Å². The van der Waals surface area contributed by atoms with Crippen LogP contribution in [0.3, 0.4) is 0 Å². The smallest absolute Gasteiger partial charge is 0.417 e. The number of alkyl halides is 3. The van der Waals surface area contributed by atoms with E-state index in [0.29, 0.717) is 39.1 Å². The van der Waals surface area contributed by atoms with Crippen LogP contribution in [0.15, 0.2) is 18.3 Å². The number of aromatic nitrogens is 3. The first kappa shape index (κ1) is 23.0. The maximum absolute atomic E-state index is 13.7. The second kappa shape index (κ2) is 9.00. The summed E-state index contributed by atoms with van der Waals surface area (Å²) in [4.78, 5) is 27.7. The minimum absolute atomic E-state index is 0.0343. The van der Waals surface area contributed by atoms with Crippen molar-refractivity contribution in [1.29, 1.82) is 0 Å². The molecular weight excluding hydrogens is 441 g/mol. The molecule has 2 aromatic heterocycles. The molecule has 2 aliphatic rings. The predicted octanol–water partition coefficient (Wildman–Crippen LogP) is 2.36. The van der Waals surface area contributed by atoms with Crippen LogP contribution in [0.5, 0.6) is 5.88 Å². The van der Waals surface area contributed by atoms with Gasteiger partial charge in [-0.1, -0.05) is 0 Å². The third kappa shape index (κ3) is 5.10. The van der Waals surface area contributed by atoms with E-state index in [4.69, 9.17) is 15.2 Å². The Bertz CT molecular complexity index is 1020. The Kier molecular flexibility index (Phi) is 6.28. The summed E-state index contributed by atoms with van der Waals surface area (Å²) in [6, 6.07) is 2.24. The zero-order chi connectivity index (χ0) is 23.8. The number of carbonyl (C=O) groups is 1. The monoisotopic (exact) mass is 466 g/mol. The Labute approximate surface area is 188 Å². The number of pyridine rings is 1. The standard InChI is InChI=1S/C21H25F3N6O3/c1-12(31)29(2)13-7-14(8-13)33-19-10-17(27-20(28-19)30-3-5-32-6-4-30)15-11-26-18(25)9-16(15)21(22,23)24/h9-11,13-14H,3-8H2,1-2H3,(H2,25,26)/t13-,14-. The van der Waals surface area contributed by atoms with E-state index in [1.54, 1.807) is 11.9 Å². The maximum Gasteiger partial charge on any atom is 0.417 e. The van der Waals surface area contributed by atoms with Gasteiger partial charge in [0, 0.05) is 63.8 Å². The van der Waals surface area contributed by atoms with Gasteiger partial charge in [0.2, 0.25) is 17.7 Å². The molecule has 1 amide bonds. The number of ether oxygens (including phenoxy) is 2. The number of morpholine rings is 1. The molecule has 178 valence electrons. The number of rotatable bonds is 5. The summed E-state index contributed by atoms with van der Waals surface area (Å²) in [5.74, 6) is 0.154. The highest BCUT2D eigenvalue weighted by molar-refractivity contribution is 5.73. The number of halogens is 3. The lowest BCUT2D eigenvalue weighted by Crippen LogP contribution is -2.49. The number of amides is 1. The van der Waals surface area contributed by atoms with E-state index in [1.807, 2.05) is 4.90 Å². The average Bonchev–Trinajstić information content (AvgIpc) is 2.75. The number of hydrogen-bond acceptors (Lipinski definition) is 8. The van der Waals surface area contributed by atoms with Crippen LogP contribution in [0.1, 0.15) is 25.3 Å². The third-order valence-electron chi connectivity index (χ3n) is 5.89. The van der Waals surface area contributed by atoms with Gasteiger partial charge in [-0.25, -0.2) is 9.97 Å². The van der Waals surface area contributed by atoms with Crippen molar-refractivity contribution in [2.45, 2.75) is 38.1 Å². The zero-order valence-corrected chi connectivity index (χ0v) is 18.3. The van der Waals surface area contributed by atoms with Crippen LogP contribution in [-0.4, -0.2) is 71.3 Å². The highest BCUT2D eigenvalue weighted by atomic mass is 19.4. The van der Waals surface area contributed by atoms with Crippen LogP contribution < -0.4 is 15.4 Å². The molecule has 4 rings (SSSR count). The summed E-state index contributed by atoms with van der Waals surface area (Å²) in [5.41, 5.74) is 4.41. The van der Waals surface area contributed by atoms with Gasteiger partial charge in [-0.15, -0.1) is 0 Å². The van der Waals surface area contributed by atoms with Crippen LogP contribution in [-0.2, 0) is 15.7 Å². The Morgan fingerprint density at radius 1 is 1.24 bits per heavy atom. The molecule has 33 heavy (non-hydrogen) atoms. The summed E-state index contributed by atoms with van der Waals surface area (Å²) in [5, 5.41) is 0. The van der Waals surface area contributed by atoms with Crippen molar-refractivity contribution in [1.82, 2.24) is 19.9 Å². The summed E-state index contributed by atoms with van der Waals surface area (Å²) in [6.45, 7) is 3.43. The van der Waals surface area contributed by atoms with E-state index >= 15 is 0 Å². The Morgan fingerprint density at radius 2 is 1.94 bits per heavy atom. The molecule has 3 heterocycles. The number of nitrogens with zero attached hydrogens (tertiary/aromatic N) is 5. The van der Waals surface area contributed by atoms with Crippen molar-refractivity contribution in [3.63, 3.8) is 0 Å². The number of nitrogen functional groups attached to an aromatic ring is 1. The summed E-state index contributed by atoms with van der Waals surface area (Å²) in [7, 11) is 1.73. The normalized spacial score (nSPS) is 20.8. The maximum atomic E-state index is 13.7. The van der Waals surface area contributed by atoms with Crippen LogP contribution in [0, 0.1) is 0 Å². The molecule has 0 atom stereocenters. The molecule has 1 aliphatic carbocycles. The van der Waals surface area contributed by atoms with Gasteiger partial charge in [0.25, 0.3) is 0 Å². The first-order valence-electron chi connectivity index (χ1n) is 10.6. The van der Waals surface area contributed by atoms with Crippen molar-refractivity contribution in [2.24, 2.45) is 0 Å². The van der Waals surface area contributed by atoms with Crippen molar-refractivity contribution >= 4 is 17.7 Å². The molecule has 0 unspecified atom stereocenters. The SMILES string of the molecule is CC(=O)N(C)[C@H]1C[C@H](Oc2cc(-c3cnc(N)cc3C(F)(F)F)nc(N3CCOCC3)n2)C1. The minimum Gasteiger partial charge on any atom is -0.474 e. The molecular formula is C21H25F3N6O3. The predicted molar refractivity (Wildman–Crippen MR) is 114 cm³/mol. The molecule has 2 fully saturated rings. The van der Waals surface area contributed by atoms with E-state index in [9.17, 15) is 18.0 Å². The lowest BCUT2D eigenvalue weighted by molar-refractivity contribution is -0.137. The van der Waals surface area contributed by atoms with Crippen molar-refractivity contribution in [2.75, 3.05) is 44.0 Å². The zero-order valence-electron chi connectivity index (χ0n) is 18.3. The first-order chi connectivity index (χ1) is 15.6. The number of anilines is 2. The van der Waals surface area contributed by atoms with Gasteiger partial charge in [-0.05, 0) is 6.07 Å². The third-order valence-corrected chi connectivity index (χ3v) is 5.89. The van der Waals surface area contributed by atoms with E-state index in [1.165, 1.54) is 13.0 Å². The fourth-order valence-electron chi connectivity index (χ4n) is 3.80. The minimum atomic E-state index is -4.64. The largest absolute Gasteiger partial charge is 0.474 e. The van der Waals surface area contributed by atoms with Gasteiger partial charge in [0.15, 0.2) is 0 Å². The Balaban J connectivity index is 1.66. The van der Waals surface area contributed by atoms with Crippen LogP contribution in [0.25, 0.3) is 11.3 Å². The fraction of sp³-hybridized carbons (Fsp3) is 0.524. The molecule has 0 radical (unpaired) electrons.